The van der Waals surface area contributed by atoms with Gasteiger partial charge in [-0.05, 0) is 38.1 Å². The monoisotopic (exact) mass is 426 g/mol. The Kier molecular flexibility index (Phi) is 6.13. The highest BCUT2D eigenvalue weighted by molar-refractivity contribution is 6.31. The molecule has 0 radical (unpaired) electrons. The Morgan fingerprint density at radius 2 is 2.03 bits per heavy atom. The van der Waals surface area contributed by atoms with E-state index in [9.17, 15) is 5.26 Å². The van der Waals surface area contributed by atoms with E-state index in [1.807, 2.05) is 26.0 Å². The lowest BCUT2D eigenvalue weighted by Gasteiger charge is -2.34. The van der Waals surface area contributed by atoms with Crippen molar-refractivity contribution in [2.45, 2.75) is 26.5 Å². The molecule has 1 aliphatic rings. The number of halogens is 1. The van der Waals surface area contributed by atoms with Crippen LogP contribution in [0.25, 0.3) is 10.9 Å². The van der Waals surface area contributed by atoms with Crippen LogP contribution in [0, 0.1) is 11.3 Å². The summed E-state index contributed by atoms with van der Waals surface area (Å²) in [6.45, 7) is 8.33. The number of rotatable bonds is 6. The lowest BCUT2D eigenvalue weighted by molar-refractivity contribution is 0.0683. The van der Waals surface area contributed by atoms with E-state index in [1.165, 1.54) is 0 Å². The van der Waals surface area contributed by atoms with Gasteiger partial charge < -0.3 is 14.2 Å². The Labute approximate surface area is 180 Å². The molecule has 0 bridgehead atoms. The molecule has 30 heavy (non-hydrogen) atoms. The van der Waals surface area contributed by atoms with Crippen molar-refractivity contribution in [1.82, 2.24) is 20.0 Å². The van der Waals surface area contributed by atoms with Crippen molar-refractivity contribution in [1.29, 1.82) is 5.26 Å². The van der Waals surface area contributed by atoms with Crippen molar-refractivity contribution in [3.8, 4) is 6.07 Å². The largest absolute Gasteiger partial charge is 0.371 e. The first kappa shape index (κ1) is 20.5. The normalized spacial score (nSPS) is 16.0. The summed E-state index contributed by atoms with van der Waals surface area (Å²) in [5.41, 5.74) is 1.36. The maximum Gasteiger partial charge on any atom is 0.240 e. The average molecular weight is 427 g/mol. The summed E-state index contributed by atoms with van der Waals surface area (Å²) < 4.78 is 10.9. The minimum atomic E-state index is -0.174. The molecule has 3 aromatic rings. The van der Waals surface area contributed by atoms with Crippen molar-refractivity contribution < 1.29 is 9.26 Å². The summed E-state index contributed by atoms with van der Waals surface area (Å²) in [4.78, 5) is 13.7. The zero-order valence-electron chi connectivity index (χ0n) is 17.0. The van der Waals surface area contributed by atoms with Gasteiger partial charge in [-0.3, -0.25) is 4.90 Å². The van der Waals surface area contributed by atoms with Crippen molar-refractivity contribution >= 4 is 28.3 Å². The molecule has 8 nitrogen and oxygen atoms in total. The van der Waals surface area contributed by atoms with Gasteiger partial charge in [0.25, 0.3) is 0 Å². The van der Waals surface area contributed by atoms with E-state index in [2.05, 4.69) is 26.0 Å². The first-order valence-corrected chi connectivity index (χ1v) is 10.4. The number of aromatic nitrogens is 3. The van der Waals surface area contributed by atoms with Gasteiger partial charge in [0.05, 0.1) is 23.7 Å². The van der Waals surface area contributed by atoms with Gasteiger partial charge in [-0.1, -0.05) is 16.8 Å². The van der Waals surface area contributed by atoms with Crippen molar-refractivity contribution in [3.63, 3.8) is 0 Å². The molecule has 1 aliphatic heterocycles. The Balaban J connectivity index is 1.41. The zero-order chi connectivity index (χ0) is 21.1. The van der Waals surface area contributed by atoms with Crippen LogP contribution in [-0.4, -0.2) is 52.8 Å². The standard InChI is InChI=1S/C21H23ClN6O2/c1-3-29-14(2)21-25-20(30-26-21)13-27-6-8-28(9-7-27)19-10-15(12-23)17-11-16(22)4-5-18(17)24-19/h4-5,10-11,14H,3,6-9,13H2,1-2H3. The number of pyridine rings is 1. The van der Waals surface area contributed by atoms with Crippen LogP contribution in [0.3, 0.4) is 0 Å². The van der Waals surface area contributed by atoms with E-state index in [-0.39, 0.29) is 6.10 Å². The molecule has 1 unspecified atom stereocenters. The Morgan fingerprint density at radius 3 is 2.77 bits per heavy atom. The number of hydrogen-bond donors (Lipinski definition) is 0. The smallest absolute Gasteiger partial charge is 0.240 e. The minimum absolute atomic E-state index is 0.174. The number of ether oxygens (including phenoxy) is 1. The van der Waals surface area contributed by atoms with Crippen LogP contribution in [0.15, 0.2) is 28.8 Å². The third-order valence-corrected chi connectivity index (χ3v) is 5.43. The van der Waals surface area contributed by atoms with E-state index in [1.54, 1.807) is 12.1 Å². The zero-order valence-corrected chi connectivity index (χ0v) is 17.8. The van der Waals surface area contributed by atoms with E-state index >= 15 is 0 Å². The maximum absolute atomic E-state index is 9.55. The van der Waals surface area contributed by atoms with Crippen LogP contribution >= 0.6 is 11.6 Å². The fourth-order valence-electron chi connectivity index (χ4n) is 3.59. The van der Waals surface area contributed by atoms with Crippen molar-refractivity contribution in [2.24, 2.45) is 0 Å². The van der Waals surface area contributed by atoms with Crippen molar-refractivity contribution in [2.75, 3.05) is 37.7 Å². The van der Waals surface area contributed by atoms with Crippen LogP contribution in [0.5, 0.6) is 0 Å². The first-order chi connectivity index (χ1) is 14.6. The molecular formula is C21H23ClN6O2. The lowest BCUT2D eigenvalue weighted by atomic mass is 10.1. The molecule has 0 amide bonds. The SMILES string of the molecule is CCOC(C)c1noc(CN2CCN(c3cc(C#N)c4cc(Cl)ccc4n3)CC2)n1. The fourth-order valence-corrected chi connectivity index (χ4v) is 3.76. The molecule has 3 heterocycles. The van der Waals surface area contributed by atoms with Crippen molar-refractivity contribution in [3.05, 3.63) is 46.6 Å². The van der Waals surface area contributed by atoms with Gasteiger partial charge >= 0.3 is 0 Å². The van der Waals surface area contributed by atoms with E-state index in [0.717, 1.165) is 42.9 Å². The highest BCUT2D eigenvalue weighted by Gasteiger charge is 2.22. The summed E-state index contributed by atoms with van der Waals surface area (Å²) in [5, 5.41) is 14.9. The Bertz CT molecular complexity index is 1070. The molecule has 2 aromatic heterocycles. The molecule has 0 N–H and O–H groups in total. The maximum atomic E-state index is 9.55. The molecular weight excluding hydrogens is 404 g/mol. The van der Waals surface area contributed by atoms with Gasteiger partial charge in [0.1, 0.15) is 11.9 Å². The molecule has 1 saturated heterocycles. The number of nitriles is 1. The summed E-state index contributed by atoms with van der Waals surface area (Å²) in [5.74, 6) is 1.99. The quantitative estimate of drug-likeness (QED) is 0.590. The summed E-state index contributed by atoms with van der Waals surface area (Å²) >= 11 is 6.08. The highest BCUT2D eigenvalue weighted by atomic mass is 35.5. The number of benzene rings is 1. The highest BCUT2D eigenvalue weighted by Crippen LogP contribution is 2.26. The molecule has 0 saturated carbocycles. The van der Waals surface area contributed by atoms with Crippen LogP contribution in [0.1, 0.15) is 37.2 Å². The minimum Gasteiger partial charge on any atom is -0.371 e. The second kappa shape index (κ2) is 8.96. The van der Waals surface area contributed by atoms with Gasteiger partial charge in [0, 0.05) is 43.2 Å². The molecule has 1 fully saturated rings. The van der Waals surface area contributed by atoms with Crippen LogP contribution in [0.2, 0.25) is 5.02 Å². The van der Waals surface area contributed by atoms with Gasteiger partial charge in [-0.2, -0.15) is 10.2 Å². The second-order valence-corrected chi connectivity index (χ2v) is 7.64. The average Bonchev–Trinajstić information content (AvgIpc) is 3.22. The van der Waals surface area contributed by atoms with Gasteiger partial charge in [-0.15, -0.1) is 0 Å². The first-order valence-electron chi connectivity index (χ1n) is 9.99. The molecule has 1 aromatic carbocycles. The van der Waals surface area contributed by atoms with E-state index in [4.69, 9.17) is 25.8 Å². The third-order valence-electron chi connectivity index (χ3n) is 5.20. The van der Waals surface area contributed by atoms with Crippen LogP contribution in [0.4, 0.5) is 5.82 Å². The Morgan fingerprint density at radius 1 is 1.23 bits per heavy atom. The number of fused-ring (bicyclic) bond motifs is 1. The molecule has 1 atom stereocenters. The topological polar surface area (TPSA) is 91.3 Å². The molecule has 0 spiro atoms. The summed E-state index contributed by atoms with van der Waals surface area (Å²) in [6.07, 6.45) is -0.174. The summed E-state index contributed by atoms with van der Waals surface area (Å²) in [7, 11) is 0. The lowest BCUT2D eigenvalue weighted by Crippen LogP contribution is -2.46. The number of hydrogen-bond acceptors (Lipinski definition) is 8. The number of anilines is 1. The molecule has 9 heteroatoms. The van der Waals surface area contributed by atoms with Crippen LogP contribution in [-0.2, 0) is 11.3 Å². The number of piperazine rings is 1. The summed E-state index contributed by atoms with van der Waals surface area (Å²) in [6, 6.07) is 9.55. The molecule has 4 rings (SSSR count). The second-order valence-electron chi connectivity index (χ2n) is 7.21. The number of nitrogens with zero attached hydrogens (tertiary/aromatic N) is 6. The molecule has 0 aliphatic carbocycles. The van der Waals surface area contributed by atoms with E-state index in [0.29, 0.717) is 35.5 Å². The Hall–Kier alpha value is -2.73. The van der Waals surface area contributed by atoms with Crippen LogP contribution < -0.4 is 4.90 Å². The third kappa shape index (κ3) is 4.38. The van der Waals surface area contributed by atoms with Gasteiger partial charge in [0.2, 0.25) is 5.89 Å². The molecule has 156 valence electrons. The van der Waals surface area contributed by atoms with Gasteiger partial charge in [0.15, 0.2) is 5.82 Å². The van der Waals surface area contributed by atoms with E-state index < -0.39 is 0 Å². The van der Waals surface area contributed by atoms with Gasteiger partial charge in [-0.25, -0.2) is 4.98 Å². The predicted molar refractivity (Wildman–Crippen MR) is 113 cm³/mol. The predicted octanol–water partition coefficient (Wildman–Crippen LogP) is 3.56. The fraction of sp³-hybridized carbons (Fsp3) is 0.429.